The van der Waals surface area contributed by atoms with Gasteiger partial charge in [-0.25, -0.2) is 4.99 Å². The minimum Gasteiger partial charge on any atom is -0.357 e. The quantitative estimate of drug-likeness (QED) is 0.366. The zero-order valence-corrected chi connectivity index (χ0v) is 18.5. The third-order valence-corrected chi connectivity index (χ3v) is 5.21. The van der Waals surface area contributed by atoms with Crippen molar-refractivity contribution < 1.29 is 0 Å². The molecule has 138 valence electrons. The fraction of sp³-hybridized carbons (Fsp3) is 0.688. The summed E-state index contributed by atoms with van der Waals surface area (Å²) in [4.78, 5) is 7.17. The Hall–Kier alpha value is -0.180. The molecular weight excluding hydrogens is 460 g/mol. The minimum absolute atomic E-state index is 0. The molecule has 24 heavy (non-hydrogen) atoms. The second kappa shape index (κ2) is 10.7. The van der Waals surface area contributed by atoms with Gasteiger partial charge in [-0.1, -0.05) is 30.1 Å². The fourth-order valence-electron chi connectivity index (χ4n) is 3.00. The lowest BCUT2D eigenvalue weighted by molar-refractivity contribution is 0.267. The number of rotatable bonds is 6. The van der Waals surface area contributed by atoms with Crippen LogP contribution < -0.4 is 10.6 Å². The molecule has 5 nitrogen and oxygen atoms in total. The number of hydrogen-bond acceptors (Lipinski definition) is 2. The standard InChI is InChI=1S/C16H27Cl2N5.HI/c1-4-19-16(20-10-12-7-6-8-23(12)5-2)21-11-13-9-14(17)15(18)22(13)3;/h9,12H,4-8,10-11H2,1-3H3,(H2,19,20,21);1H. The number of likely N-dealkylation sites (N-methyl/N-ethyl adjacent to an activating group) is 1. The van der Waals surface area contributed by atoms with Crippen molar-refractivity contribution in [1.82, 2.24) is 20.1 Å². The van der Waals surface area contributed by atoms with Crippen molar-refractivity contribution in [3.63, 3.8) is 0 Å². The molecule has 1 fully saturated rings. The first-order valence-corrected chi connectivity index (χ1v) is 9.08. The van der Waals surface area contributed by atoms with Crippen LogP contribution in [0.3, 0.4) is 0 Å². The number of aliphatic imine (C=N–C) groups is 1. The molecule has 0 saturated carbocycles. The van der Waals surface area contributed by atoms with Crippen molar-refractivity contribution in [3.05, 3.63) is 21.9 Å². The normalized spacial score (nSPS) is 18.5. The average Bonchev–Trinajstić information content (AvgIpc) is 3.10. The Bertz CT molecular complexity index is 547. The molecule has 0 aliphatic carbocycles. The first-order chi connectivity index (χ1) is 11.1. The van der Waals surface area contributed by atoms with Crippen molar-refractivity contribution in [3.8, 4) is 0 Å². The molecule has 1 saturated heterocycles. The Labute approximate surface area is 172 Å². The van der Waals surface area contributed by atoms with Gasteiger partial charge in [0.15, 0.2) is 5.96 Å². The van der Waals surface area contributed by atoms with E-state index in [9.17, 15) is 0 Å². The van der Waals surface area contributed by atoms with Gasteiger partial charge in [-0.05, 0) is 38.9 Å². The molecule has 8 heteroatoms. The maximum absolute atomic E-state index is 6.10. The predicted molar refractivity (Wildman–Crippen MR) is 114 cm³/mol. The highest BCUT2D eigenvalue weighted by atomic mass is 127. The van der Waals surface area contributed by atoms with Gasteiger partial charge in [0.1, 0.15) is 5.15 Å². The van der Waals surface area contributed by atoms with E-state index >= 15 is 0 Å². The maximum atomic E-state index is 6.10. The van der Waals surface area contributed by atoms with E-state index < -0.39 is 0 Å². The molecule has 0 aromatic carbocycles. The van der Waals surface area contributed by atoms with Gasteiger partial charge in [-0.2, -0.15) is 0 Å². The van der Waals surface area contributed by atoms with Crippen LogP contribution in [0.2, 0.25) is 10.2 Å². The predicted octanol–water partition coefficient (Wildman–Crippen LogP) is 3.49. The third kappa shape index (κ3) is 5.68. The van der Waals surface area contributed by atoms with Crippen LogP contribution in [0.5, 0.6) is 0 Å². The number of nitrogens with zero attached hydrogens (tertiary/aromatic N) is 3. The van der Waals surface area contributed by atoms with Crippen molar-refractivity contribution in [1.29, 1.82) is 0 Å². The van der Waals surface area contributed by atoms with Gasteiger partial charge in [-0.3, -0.25) is 4.90 Å². The number of aromatic nitrogens is 1. The molecule has 2 rings (SSSR count). The Morgan fingerprint density at radius 1 is 1.33 bits per heavy atom. The van der Waals surface area contributed by atoms with E-state index in [1.165, 1.54) is 19.4 Å². The van der Waals surface area contributed by atoms with Crippen LogP contribution in [-0.2, 0) is 13.6 Å². The SMILES string of the molecule is CCNC(=NCc1cc(Cl)c(Cl)n1C)NCC1CCCN1CC.I. The smallest absolute Gasteiger partial charge is 0.191 e. The molecule has 0 spiro atoms. The summed E-state index contributed by atoms with van der Waals surface area (Å²) in [5.41, 5.74) is 0.994. The summed E-state index contributed by atoms with van der Waals surface area (Å²) in [6.07, 6.45) is 2.54. The van der Waals surface area contributed by atoms with Gasteiger partial charge < -0.3 is 15.2 Å². The van der Waals surface area contributed by atoms with Crippen LogP contribution >= 0.6 is 47.2 Å². The Morgan fingerprint density at radius 2 is 2.08 bits per heavy atom. The average molecular weight is 488 g/mol. The van der Waals surface area contributed by atoms with E-state index in [2.05, 4.69) is 34.4 Å². The van der Waals surface area contributed by atoms with Crippen LogP contribution in [0, 0.1) is 0 Å². The van der Waals surface area contributed by atoms with Crippen LogP contribution in [0.1, 0.15) is 32.4 Å². The summed E-state index contributed by atoms with van der Waals surface area (Å²) in [5, 5.41) is 7.88. The largest absolute Gasteiger partial charge is 0.357 e. The molecule has 1 aliphatic heterocycles. The second-order valence-electron chi connectivity index (χ2n) is 5.83. The molecule has 0 bridgehead atoms. The molecule has 1 aliphatic rings. The summed E-state index contributed by atoms with van der Waals surface area (Å²) in [5.74, 6) is 0.837. The van der Waals surface area contributed by atoms with Crippen molar-refractivity contribution >= 4 is 53.1 Å². The molecule has 0 amide bonds. The van der Waals surface area contributed by atoms with Gasteiger partial charge >= 0.3 is 0 Å². The number of hydrogen-bond donors (Lipinski definition) is 2. The molecule has 1 unspecified atom stereocenters. The number of nitrogens with one attached hydrogen (secondary N) is 2. The first kappa shape index (κ1) is 21.9. The van der Waals surface area contributed by atoms with Crippen molar-refractivity contribution in [2.24, 2.45) is 12.0 Å². The summed E-state index contributed by atoms with van der Waals surface area (Å²) < 4.78 is 1.87. The molecular formula is C16H28Cl2IN5. The number of guanidine groups is 1. The Kier molecular flexibility index (Phi) is 9.77. The zero-order valence-electron chi connectivity index (χ0n) is 14.6. The van der Waals surface area contributed by atoms with Crippen LogP contribution in [0.15, 0.2) is 11.1 Å². The van der Waals surface area contributed by atoms with Crippen LogP contribution in [0.25, 0.3) is 0 Å². The Morgan fingerprint density at radius 3 is 2.67 bits per heavy atom. The number of halogens is 3. The second-order valence-corrected chi connectivity index (χ2v) is 6.60. The van der Waals surface area contributed by atoms with Gasteiger partial charge in [-0.15, -0.1) is 24.0 Å². The lowest BCUT2D eigenvalue weighted by atomic mass is 10.2. The zero-order chi connectivity index (χ0) is 16.8. The van der Waals surface area contributed by atoms with Gasteiger partial charge in [0, 0.05) is 31.9 Å². The summed E-state index contributed by atoms with van der Waals surface area (Å²) in [7, 11) is 1.90. The minimum atomic E-state index is 0. The molecule has 0 radical (unpaired) electrons. The van der Waals surface area contributed by atoms with E-state index in [0.29, 0.717) is 22.8 Å². The van der Waals surface area contributed by atoms with E-state index in [-0.39, 0.29) is 24.0 Å². The monoisotopic (exact) mass is 487 g/mol. The van der Waals surface area contributed by atoms with E-state index in [4.69, 9.17) is 23.2 Å². The highest BCUT2D eigenvalue weighted by molar-refractivity contribution is 14.0. The lowest BCUT2D eigenvalue weighted by Gasteiger charge is -2.24. The summed E-state index contributed by atoms with van der Waals surface area (Å²) in [6.45, 7) is 8.91. The van der Waals surface area contributed by atoms with Gasteiger partial charge in [0.2, 0.25) is 0 Å². The molecule has 1 atom stereocenters. The molecule has 2 heterocycles. The summed E-state index contributed by atoms with van der Waals surface area (Å²) in [6, 6.07) is 2.47. The lowest BCUT2D eigenvalue weighted by Crippen LogP contribution is -2.44. The highest BCUT2D eigenvalue weighted by Crippen LogP contribution is 2.25. The number of likely N-dealkylation sites (tertiary alicyclic amines) is 1. The van der Waals surface area contributed by atoms with E-state index in [1.807, 2.05) is 17.7 Å². The highest BCUT2D eigenvalue weighted by Gasteiger charge is 2.22. The van der Waals surface area contributed by atoms with Crippen LogP contribution in [0.4, 0.5) is 0 Å². The first-order valence-electron chi connectivity index (χ1n) is 8.32. The topological polar surface area (TPSA) is 44.6 Å². The molecule has 1 aromatic heterocycles. The molecule has 1 aromatic rings. The maximum Gasteiger partial charge on any atom is 0.191 e. The Balaban J connectivity index is 0.00000288. The summed E-state index contributed by atoms with van der Waals surface area (Å²) >= 11 is 12.2. The fourth-order valence-corrected chi connectivity index (χ4v) is 3.42. The van der Waals surface area contributed by atoms with E-state index in [1.54, 1.807) is 0 Å². The molecule has 2 N–H and O–H groups in total. The van der Waals surface area contributed by atoms with Crippen molar-refractivity contribution in [2.75, 3.05) is 26.2 Å². The third-order valence-electron chi connectivity index (χ3n) is 4.37. The van der Waals surface area contributed by atoms with Gasteiger partial charge in [0.25, 0.3) is 0 Å². The van der Waals surface area contributed by atoms with E-state index in [0.717, 1.165) is 31.3 Å². The van der Waals surface area contributed by atoms with Crippen molar-refractivity contribution in [2.45, 2.75) is 39.3 Å². The van der Waals surface area contributed by atoms with Gasteiger partial charge in [0.05, 0.1) is 11.6 Å². The van der Waals surface area contributed by atoms with Crippen LogP contribution in [-0.4, -0.2) is 47.6 Å².